The van der Waals surface area contributed by atoms with Gasteiger partial charge in [-0.05, 0) is 29.8 Å². The van der Waals surface area contributed by atoms with E-state index in [1.54, 1.807) is 7.11 Å². The zero-order chi connectivity index (χ0) is 20.2. The fraction of sp³-hybridized carbons (Fsp3) is 0.318. The summed E-state index contributed by atoms with van der Waals surface area (Å²) in [6, 6.07) is 14.9. The number of hydrogen-bond donors (Lipinski definition) is 1. The van der Waals surface area contributed by atoms with Gasteiger partial charge in [-0.2, -0.15) is 0 Å². The van der Waals surface area contributed by atoms with Crippen LogP contribution in [0.5, 0.6) is 5.75 Å². The summed E-state index contributed by atoms with van der Waals surface area (Å²) in [5, 5.41) is 1.88. The molecule has 1 unspecified atom stereocenters. The Kier molecular flexibility index (Phi) is 5.97. The molecule has 1 saturated heterocycles. The monoisotopic (exact) mass is 413 g/mol. The van der Waals surface area contributed by atoms with E-state index >= 15 is 0 Å². The molecule has 0 spiro atoms. The van der Waals surface area contributed by atoms with Crippen molar-refractivity contribution in [1.29, 1.82) is 0 Å². The second kappa shape index (κ2) is 8.80. The van der Waals surface area contributed by atoms with Gasteiger partial charge < -0.3 is 14.6 Å². The van der Waals surface area contributed by atoms with E-state index in [4.69, 9.17) is 4.74 Å². The van der Waals surface area contributed by atoms with Crippen molar-refractivity contribution in [2.45, 2.75) is 12.5 Å². The molecule has 7 heteroatoms. The van der Waals surface area contributed by atoms with Crippen LogP contribution in [0.15, 0.2) is 58.7 Å². The number of ether oxygens (including phenoxy) is 1. The zero-order valence-electron chi connectivity index (χ0n) is 16.3. The maximum absolute atomic E-state index is 13.5. The molecule has 2 heterocycles. The number of aromatic nitrogens is 1. The van der Waals surface area contributed by atoms with Gasteiger partial charge in [-0.25, -0.2) is 4.39 Å². The molecule has 1 atom stereocenters. The van der Waals surface area contributed by atoms with Crippen LogP contribution < -0.4 is 14.5 Å². The van der Waals surface area contributed by atoms with Crippen molar-refractivity contribution >= 4 is 17.0 Å². The molecule has 4 rings (SSSR count). The van der Waals surface area contributed by atoms with Crippen molar-refractivity contribution in [2.24, 2.45) is 0 Å². The first-order valence-electron chi connectivity index (χ1n) is 9.68. The third-order valence-corrected chi connectivity index (χ3v) is 6.14. The Morgan fingerprint density at radius 1 is 1.10 bits per heavy atom. The van der Waals surface area contributed by atoms with Gasteiger partial charge in [0.05, 0.1) is 12.8 Å². The Morgan fingerprint density at radius 3 is 2.48 bits per heavy atom. The summed E-state index contributed by atoms with van der Waals surface area (Å²) in [5.74, 6) is 0.643. The minimum absolute atomic E-state index is 0.0427. The highest BCUT2D eigenvalue weighted by Gasteiger charge is 2.27. The van der Waals surface area contributed by atoms with Crippen LogP contribution in [0, 0.1) is 5.82 Å². The molecular formula is C22H24FN3O2S. The van der Waals surface area contributed by atoms with Crippen LogP contribution in [-0.4, -0.2) is 43.2 Å². The van der Waals surface area contributed by atoms with Crippen LogP contribution in [0.1, 0.15) is 17.3 Å². The molecule has 1 N–H and O–H groups in total. The van der Waals surface area contributed by atoms with Crippen molar-refractivity contribution in [2.75, 3.05) is 38.2 Å². The standard InChI is InChI=1S/C22H24FN3O2S/c1-28-21-5-3-2-4-19(21)25-10-12-26(13-11-25)20(14-18-15-29-22(27)24-18)16-6-8-17(23)9-7-16/h2-9,15,20H,10-14H2,1H3,(H,24,27). The smallest absolute Gasteiger partial charge is 0.304 e. The molecule has 0 amide bonds. The SMILES string of the molecule is COc1ccccc1N1CCN(C(Cc2csc(=O)[nH]2)c2ccc(F)cc2)CC1. The number of hydrogen-bond acceptors (Lipinski definition) is 5. The lowest BCUT2D eigenvalue weighted by Crippen LogP contribution is -2.48. The number of para-hydroxylation sites is 2. The Morgan fingerprint density at radius 2 is 1.83 bits per heavy atom. The molecule has 1 aliphatic heterocycles. The molecule has 0 saturated carbocycles. The molecule has 0 radical (unpaired) electrons. The van der Waals surface area contributed by atoms with Crippen molar-refractivity contribution in [3.63, 3.8) is 0 Å². The number of benzene rings is 2. The topological polar surface area (TPSA) is 48.6 Å². The number of halogens is 1. The van der Waals surface area contributed by atoms with Crippen LogP contribution in [0.25, 0.3) is 0 Å². The van der Waals surface area contributed by atoms with Crippen molar-refractivity contribution in [1.82, 2.24) is 9.88 Å². The Labute approximate surface area is 173 Å². The van der Waals surface area contributed by atoms with E-state index in [2.05, 4.69) is 20.9 Å². The average Bonchev–Trinajstić information content (AvgIpc) is 3.18. The molecule has 1 fully saturated rings. The summed E-state index contributed by atoms with van der Waals surface area (Å²) in [7, 11) is 1.70. The fourth-order valence-corrected chi connectivity index (χ4v) is 4.52. The molecule has 0 bridgehead atoms. The van der Waals surface area contributed by atoms with Gasteiger partial charge in [0.15, 0.2) is 0 Å². The van der Waals surface area contributed by atoms with Crippen molar-refractivity contribution in [3.8, 4) is 5.75 Å². The number of rotatable bonds is 6. The lowest BCUT2D eigenvalue weighted by atomic mass is 9.99. The Hall–Kier alpha value is -2.64. The molecule has 1 aliphatic rings. The number of aromatic amines is 1. The number of piperazine rings is 1. The van der Waals surface area contributed by atoms with Crippen molar-refractivity contribution in [3.05, 3.63) is 80.7 Å². The van der Waals surface area contributed by atoms with Gasteiger partial charge in [0.1, 0.15) is 11.6 Å². The highest BCUT2D eigenvalue weighted by atomic mass is 32.1. The third kappa shape index (κ3) is 4.52. The number of H-pyrrole nitrogens is 1. The number of thiazole rings is 1. The summed E-state index contributed by atoms with van der Waals surface area (Å²) in [4.78, 5) is 19.2. The molecular weight excluding hydrogens is 389 g/mol. The third-order valence-electron chi connectivity index (χ3n) is 5.42. The zero-order valence-corrected chi connectivity index (χ0v) is 17.1. The largest absolute Gasteiger partial charge is 0.495 e. The van der Waals surface area contributed by atoms with E-state index in [9.17, 15) is 9.18 Å². The lowest BCUT2D eigenvalue weighted by Gasteiger charge is -2.40. The molecule has 152 valence electrons. The summed E-state index contributed by atoms with van der Waals surface area (Å²) >= 11 is 1.18. The van der Waals surface area contributed by atoms with Gasteiger partial charge in [0, 0.05) is 49.7 Å². The summed E-state index contributed by atoms with van der Waals surface area (Å²) in [6.07, 6.45) is 0.693. The molecule has 1 aromatic heterocycles. The highest BCUT2D eigenvalue weighted by molar-refractivity contribution is 7.07. The maximum Gasteiger partial charge on any atom is 0.304 e. The second-order valence-electron chi connectivity index (χ2n) is 7.14. The van der Waals surface area contributed by atoms with E-state index in [1.165, 1.54) is 23.5 Å². The van der Waals surface area contributed by atoms with E-state index in [0.717, 1.165) is 48.9 Å². The number of anilines is 1. The Balaban J connectivity index is 1.52. The van der Waals surface area contributed by atoms with Crippen molar-refractivity contribution < 1.29 is 9.13 Å². The van der Waals surface area contributed by atoms with E-state index in [1.807, 2.05) is 35.7 Å². The molecule has 0 aliphatic carbocycles. The summed E-state index contributed by atoms with van der Waals surface area (Å²) in [6.45, 7) is 3.49. The van der Waals surface area contributed by atoms with Gasteiger partial charge >= 0.3 is 4.87 Å². The fourth-order valence-electron chi connectivity index (χ4n) is 3.93. The van der Waals surface area contributed by atoms with Gasteiger partial charge in [0.25, 0.3) is 0 Å². The predicted octanol–water partition coefficient (Wildman–Crippen LogP) is 3.69. The van der Waals surface area contributed by atoms with Crippen LogP contribution in [0.3, 0.4) is 0 Å². The average molecular weight is 414 g/mol. The van der Waals surface area contributed by atoms with Crippen LogP contribution in [0.2, 0.25) is 0 Å². The van der Waals surface area contributed by atoms with Crippen LogP contribution >= 0.6 is 11.3 Å². The molecule has 29 heavy (non-hydrogen) atoms. The van der Waals surface area contributed by atoms with Gasteiger partial charge in [-0.15, -0.1) is 0 Å². The first kappa shape index (κ1) is 19.7. The van der Waals surface area contributed by atoms with Gasteiger partial charge in [0.2, 0.25) is 0 Å². The first-order chi connectivity index (χ1) is 14.1. The highest BCUT2D eigenvalue weighted by Crippen LogP contribution is 2.31. The normalized spacial score (nSPS) is 16.0. The first-order valence-corrected chi connectivity index (χ1v) is 10.6. The van der Waals surface area contributed by atoms with Gasteiger partial charge in [-0.1, -0.05) is 35.6 Å². The quantitative estimate of drug-likeness (QED) is 0.670. The Bertz CT molecular complexity index is 994. The minimum atomic E-state index is -0.238. The summed E-state index contributed by atoms with van der Waals surface area (Å²) in [5.41, 5.74) is 3.08. The molecule has 3 aromatic rings. The lowest BCUT2D eigenvalue weighted by molar-refractivity contribution is 0.183. The number of nitrogens with zero attached hydrogens (tertiary/aromatic N) is 2. The van der Waals surface area contributed by atoms with E-state index in [0.29, 0.717) is 6.42 Å². The maximum atomic E-state index is 13.5. The van der Waals surface area contributed by atoms with Gasteiger partial charge in [-0.3, -0.25) is 9.69 Å². The van der Waals surface area contributed by atoms with E-state index in [-0.39, 0.29) is 16.7 Å². The van der Waals surface area contributed by atoms with E-state index < -0.39 is 0 Å². The summed E-state index contributed by atoms with van der Waals surface area (Å²) < 4.78 is 19.0. The number of methoxy groups -OCH3 is 1. The predicted molar refractivity (Wildman–Crippen MR) is 115 cm³/mol. The molecule has 2 aromatic carbocycles. The number of nitrogens with one attached hydrogen (secondary N) is 1. The van der Waals surface area contributed by atoms with Crippen LogP contribution in [0.4, 0.5) is 10.1 Å². The van der Waals surface area contributed by atoms with Crippen LogP contribution in [-0.2, 0) is 6.42 Å². The second-order valence-corrected chi connectivity index (χ2v) is 7.98. The molecule has 5 nitrogen and oxygen atoms in total. The minimum Gasteiger partial charge on any atom is -0.495 e.